The summed E-state index contributed by atoms with van der Waals surface area (Å²) < 4.78 is 0. The number of nitrogens with zero attached hydrogens (tertiary/aromatic N) is 1. The number of rotatable bonds is 5. The van der Waals surface area contributed by atoms with Gasteiger partial charge >= 0.3 is 0 Å². The highest BCUT2D eigenvalue weighted by Crippen LogP contribution is 2.32. The lowest BCUT2D eigenvalue weighted by Gasteiger charge is -2.32. The Kier molecular flexibility index (Phi) is 4.35. The van der Waals surface area contributed by atoms with Gasteiger partial charge in [-0.1, -0.05) is 12.5 Å². The Bertz CT molecular complexity index is 374. The van der Waals surface area contributed by atoms with Crippen LogP contribution in [0.5, 0.6) is 0 Å². The molecule has 0 aliphatic heterocycles. The lowest BCUT2D eigenvalue weighted by Crippen LogP contribution is -2.30. The lowest BCUT2D eigenvalue weighted by molar-refractivity contribution is 0.321. The van der Waals surface area contributed by atoms with Crippen LogP contribution in [0.1, 0.15) is 24.8 Å². The zero-order chi connectivity index (χ0) is 12.3. The molecule has 0 heterocycles. The summed E-state index contributed by atoms with van der Waals surface area (Å²) in [6.07, 6.45) is 6.31. The third-order valence-corrected chi connectivity index (χ3v) is 4.52. The quantitative estimate of drug-likeness (QED) is 0.814. The van der Waals surface area contributed by atoms with E-state index in [1.54, 1.807) is 11.8 Å². The fourth-order valence-electron chi connectivity index (χ4n) is 2.47. The number of thioether (sulfide) groups is 1. The minimum atomic E-state index is 0.626. The highest BCUT2D eigenvalue weighted by atomic mass is 32.2. The smallest absolute Gasteiger partial charge is 0.0420 e. The van der Waals surface area contributed by atoms with Gasteiger partial charge in [-0.05, 0) is 37.1 Å². The second-order valence-electron chi connectivity index (χ2n) is 4.84. The van der Waals surface area contributed by atoms with Gasteiger partial charge in [0.1, 0.15) is 0 Å². The summed E-state index contributed by atoms with van der Waals surface area (Å²) in [6, 6.07) is 6.49. The van der Waals surface area contributed by atoms with Gasteiger partial charge in [-0.3, -0.25) is 0 Å². The van der Waals surface area contributed by atoms with E-state index in [4.69, 9.17) is 5.73 Å². The van der Waals surface area contributed by atoms with Crippen LogP contribution in [0.2, 0.25) is 0 Å². The van der Waals surface area contributed by atoms with Crippen molar-refractivity contribution in [2.75, 3.05) is 24.7 Å². The van der Waals surface area contributed by atoms with Crippen LogP contribution < -0.4 is 10.6 Å². The SMILES string of the molecule is CSc1cccc(N(C)CC2CCC2)c1CN. The van der Waals surface area contributed by atoms with Gasteiger partial charge in [0.2, 0.25) is 0 Å². The molecule has 1 aromatic rings. The average molecular weight is 250 g/mol. The Morgan fingerprint density at radius 3 is 2.71 bits per heavy atom. The molecular formula is C14H22N2S. The predicted octanol–water partition coefficient (Wildman–Crippen LogP) is 3.10. The van der Waals surface area contributed by atoms with Crippen molar-refractivity contribution in [3.8, 4) is 0 Å². The Morgan fingerprint density at radius 2 is 2.18 bits per heavy atom. The number of hydrogen-bond donors (Lipinski definition) is 1. The first-order valence-electron chi connectivity index (χ1n) is 6.33. The van der Waals surface area contributed by atoms with Crippen molar-refractivity contribution in [2.45, 2.75) is 30.7 Å². The van der Waals surface area contributed by atoms with E-state index in [2.05, 4.69) is 36.4 Å². The van der Waals surface area contributed by atoms with Crippen molar-refractivity contribution < 1.29 is 0 Å². The van der Waals surface area contributed by atoms with Gasteiger partial charge in [-0.15, -0.1) is 11.8 Å². The summed E-state index contributed by atoms with van der Waals surface area (Å²) >= 11 is 1.78. The monoisotopic (exact) mass is 250 g/mol. The Labute approximate surface area is 109 Å². The minimum absolute atomic E-state index is 0.626. The van der Waals surface area contributed by atoms with E-state index in [1.807, 2.05) is 0 Å². The molecular weight excluding hydrogens is 228 g/mol. The third kappa shape index (κ3) is 2.78. The Hall–Kier alpha value is -0.670. The average Bonchev–Trinajstić information content (AvgIpc) is 2.32. The maximum Gasteiger partial charge on any atom is 0.0420 e. The summed E-state index contributed by atoms with van der Waals surface area (Å²) in [4.78, 5) is 3.69. The van der Waals surface area contributed by atoms with Crippen LogP contribution in [0.15, 0.2) is 23.1 Å². The highest BCUT2D eigenvalue weighted by Gasteiger charge is 2.20. The van der Waals surface area contributed by atoms with Gasteiger partial charge in [0.25, 0.3) is 0 Å². The van der Waals surface area contributed by atoms with Crippen LogP contribution in [0.4, 0.5) is 5.69 Å². The fraction of sp³-hybridized carbons (Fsp3) is 0.571. The summed E-state index contributed by atoms with van der Waals surface area (Å²) in [6.45, 7) is 1.80. The lowest BCUT2D eigenvalue weighted by atomic mass is 9.85. The topological polar surface area (TPSA) is 29.3 Å². The van der Waals surface area contributed by atoms with Gasteiger partial charge in [-0.25, -0.2) is 0 Å². The second-order valence-corrected chi connectivity index (χ2v) is 5.69. The predicted molar refractivity (Wildman–Crippen MR) is 76.7 cm³/mol. The molecule has 0 aromatic heterocycles. The summed E-state index contributed by atoms with van der Waals surface area (Å²) in [5.74, 6) is 0.892. The molecule has 1 aliphatic carbocycles. The fourth-order valence-corrected chi connectivity index (χ4v) is 3.12. The van der Waals surface area contributed by atoms with Crippen LogP contribution in [0, 0.1) is 5.92 Å². The number of benzene rings is 1. The van der Waals surface area contributed by atoms with Crippen molar-refractivity contribution in [3.05, 3.63) is 23.8 Å². The van der Waals surface area contributed by atoms with Gasteiger partial charge in [-0.2, -0.15) is 0 Å². The van der Waals surface area contributed by atoms with E-state index < -0.39 is 0 Å². The molecule has 2 N–H and O–H groups in total. The Balaban J connectivity index is 2.17. The van der Waals surface area contributed by atoms with Crippen molar-refractivity contribution in [1.29, 1.82) is 0 Å². The molecule has 2 rings (SSSR count). The summed E-state index contributed by atoms with van der Waals surface area (Å²) in [7, 11) is 2.19. The molecule has 0 spiro atoms. The first kappa shape index (κ1) is 12.8. The zero-order valence-electron chi connectivity index (χ0n) is 10.8. The van der Waals surface area contributed by atoms with Crippen LogP contribution in [-0.4, -0.2) is 19.8 Å². The van der Waals surface area contributed by atoms with Crippen molar-refractivity contribution in [3.63, 3.8) is 0 Å². The highest BCUT2D eigenvalue weighted by molar-refractivity contribution is 7.98. The molecule has 0 atom stereocenters. The molecule has 0 radical (unpaired) electrons. The van der Waals surface area contributed by atoms with Crippen LogP contribution >= 0.6 is 11.8 Å². The van der Waals surface area contributed by atoms with E-state index in [0.717, 1.165) is 5.92 Å². The van der Waals surface area contributed by atoms with Crippen molar-refractivity contribution in [2.24, 2.45) is 11.7 Å². The molecule has 0 amide bonds. The molecule has 2 nitrogen and oxygen atoms in total. The first-order chi connectivity index (χ1) is 8.26. The maximum absolute atomic E-state index is 5.90. The number of hydrogen-bond acceptors (Lipinski definition) is 3. The maximum atomic E-state index is 5.90. The van der Waals surface area contributed by atoms with E-state index in [0.29, 0.717) is 6.54 Å². The molecule has 1 aromatic carbocycles. The molecule has 1 saturated carbocycles. The van der Waals surface area contributed by atoms with E-state index in [-0.39, 0.29) is 0 Å². The van der Waals surface area contributed by atoms with E-state index >= 15 is 0 Å². The second kappa shape index (κ2) is 5.78. The van der Waals surface area contributed by atoms with E-state index in [1.165, 1.54) is 42.0 Å². The molecule has 3 heteroatoms. The molecule has 1 aliphatic rings. The van der Waals surface area contributed by atoms with Gasteiger partial charge < -0.3 is 10.6 Å². The summed E-state index contributed by atoms with van der Waals surface area (Å²) in [5.41, 5.74) is 8.51. The third-order valence-electron chi connectivity index (χ3n) is 3.70. The molecule has 0 bridgehead atoms. The molecule has 1 fully saturated rings. The largest absolute Gasteiger partial charge is 0.374 e. The van der Waals surface area contributed by atoms with Crippen molar-refractivity contribution in [1.82, 2.24) is 0 Å². The molecule has 0 unspecified atom stereocenters. The standard InChI is InChI=1S/C14H22N2S/c1-16(10-11-5-3-6-11)13-7-4-8-14(17-2)12(13)9-15/h4,7-8,11H,3,5-6,9-10,15H2,1-2H3. The van der Waals surface area contributed by atoms with Gasteiger partial charge in [0, 0.05) is 36.3 Å². The normalized spacial score (nSPS) is 15.7. The molecule has 17 heavy (non-hydrogen) atoms. The van der Waals surface area contributed by atoms with Crippen molar-refractivity contribution >= 4 is 17.4 Å². The Morgan fingerprint density at radius 1 is 1.41 bits per heavy atom. The zero-order valence-corrected chi connectivity index (χ0v) is 11.6. The van der Waals surface area contributed by atoms with Gasteiger partial charge in [0.15, 0.2) is 0 Å². The number of anilines is 1. The minimum Gasteiger partial charge on any atom is -0.374 e. The van der Waals surface area contributed by atoms with Crippen LogP contribution in [0.3, 0.4) is 0 Å². The first-order valence-corrected chi connectivity index (χ1v) is 7.55. The molecule has 94 valence electrons. The summed E-state index contributed by atoms with van der Waals surface area (Å²) in [5, 5.41) is 0. The van der Waals surface area contributed by atoms with Gasteiger partial charge in [0.05, 0.1) is 0 Å². The van der Waals surface area contributed by atoms with E-state index in [9.17, 15) is 0 Å². The van der Waals surface area contributed by atoms with Crippen LogP contribution in [0.25, 0.3) is 0 Å². The van der Waals surface area contributed by atoms with Crippen LogP contribution in [-0.2, 0) is 6.54 Å². The molecule has 0 saturated heterocycles. The number of nitrogens with two attached hydrogens (primary N) is 1.